The van der Waals surface area contributed by atoms with E-state index >= 15 is 0 Å². The number of hydrogen-bond donors (Lipinski definition) is 1. The van der Waals surface area contributed by atoms with Crippen LogP contribution in [-0.2, 0) is 4.74 Å². The van der Waals surface area contributed by atoms with Crippen molar-refractivity contribution in [2.45, 2.75) is 25.7 Å². The van der Waals surface area contributed by atoms with E-state index in [2.05, 4.69) is 15.2 Å². The second-order valence-corrected chi connectivity index (χ2v) is 9.36. The number of carbonyl (C=O) groups is 2. The highest BCUT2D eigenvalue weighted by Crippen LogP contribution is 2.32. The summed E-state index contributed by atoms with van der Waals surface area (Å²) in [5, 5.41) is 5.22. The van der Waals surface area contributed by atoms with Crippen LogP contribution in [0.15, 0.2) is 48.7 Å². The highest BCUT2D eigenvalue weighted by atomic mass is 35.5. The van der Waals surface area contributed by atoms with Gasteiger partial charge in [0.1, 0.15) is 0 Å². The summed E-state index contributed by atoms with van der Waals surface area (Å²) in [5.41, 5.74) is 3.85. The lowest BCUT2D eigenvalue weighted by Gasteiger charge is -2.30. The zero-order valence-corrected chi connectivity index (χ0v) is 20.4. The first-order chi connectivity index (χ1) is 17.1. The number of nitrogens with zero attached hydrogens (tertiary/aromatic N) is 3. The zero-order valence-electron chi connectivity index (χ0n) is 19.6. The molecule has 3 heterocycles. The number of fused-ring (bicyclic) bond motifs is 2. The monoisotopic (exact) mass is 492 g/mol. The number of amides is 2. The van der Waals surface area contributed by atoms with Gasteiger partial charge in [0.05, 0.1) is 35.5 Å². The van der Waals surface area contributed by atoms with Gasteiger partial charge in [-0.25, -0.2) is 0 Å². The molecule has 1 aromatic heterocycles. The Hall–Kier alpha value is -3.16. The molecule has 0 atom stereocenters. The van der Waals surface area contributed by atoms with Crippen molar-refractivity contribution in [1.82, 2.24) is 9.88 Å². The number of pyridine rings is 1. The van der Waals surface area contributed by atoms with Crippen molar-refractivity contribution < 1.29 is 14.3 Å². The number of anilines is 2. The third-order valence-corrected chi connectivity index (χ3v) is 6.89. The van der Waals surface area contributed by atoms with Crippen LogP contribution in [0.5, 0.6) is 0 Å². The van der Waals surface area contributed by atoms with Gasteiger partial charge in [0, 0.05) is 48.5 Å². The number of morpholine rings is 1. The van der Waals surface area contributed by atoms with E-state index in [0.717, 1.165) is 67.6 Å². The van der Waals surface area contributed by atoms with E-state index in [4.69, 9.17) is 16.3 Å². The molecule has 2 aliphatic rings. The Balaban J connectivity index is 1.10. The van der Waals surface area contributed by atoms with E-state index in [-0.39, 0.29) is 11.8 Å². The molecule has 2 amide bonds. The summed E-state index contributed by atoms with van der Waals surface area (Å²) in [6.45, 7) is 4.03. The third kappa shape index (κ3) is 4.97. The van der Waals surface area contributed by atoms with Gasteiger partial charge in [-0.3, -0.25) is 19.5 Å². The largest absolute Gasteiger partial charge is 0.384 e. The van der Waals surface area contributed by atoms with Gasteiger partial charge >= 0.3 is 0 Å². The molecular weight excluding hydrogens is 464 g/mol. The minimum atomic E-state index is -0.175. The van der Waals surface area contributed by atoms with Crippen molar-refractivity contribution in [3.05, 3.63) is 64.8 Å². The Morgan fingerprint density at radius 3 is 2.66 bits per heavy atom. The van der Waals surface area contributed by atoms with E-state index in [0.29, 0.717) is 35.9 Å². The van der Waals surface area contributed by atoms with Crippen LogP contribution in [0, 0.1) is 0 Å². The van der Waals surface area contributed by atoms with Gasteiger partial charge in [-0.1, -0.05) is 30.5 Å². The number of unbranched alkanes of at least 4 members (excludes halogenated alkanes) is 3. The normalized spacial score (nSPS) is 15.7. The Morgan fingerprint density at radius 2 is 1.80 bits per heavy atom. The highest BCUT2D eigenvalue weighted by Gasteiger charge is 2.38. The molecule has 7 nitrogen and oxygen atoms in total. The molecule has 0 bridgehead atoms. The van der Waals surface area contributed by atoms with Crippen molar-refractivity contribution in [3.8, 4) is 0 Å². The van der Waals surface area contributed by atoms with E-state index < -0.39 is 0 Å². The molecule has 2 aromatic carbocycles. The third-order valence-electron chi connectivity index (χ3n) is 6.66. The summed E-state index contributed by atoms with van der Waals surface area (Å²) < 4.78 is 5.44. The molecule has 5 rings (SSSR count). The Labute approximate surface area is 210 Å². The molecule has 0 saturated carbocycles. The number of ether oxygens (including phenoxy) is 1. The van der Waals surface area contributed by atoms with Crippen LogP contribution >= 0.6 is 11.6 Å². The van der Waals surface area contributed by atoms with Crippen molar-refractivity contribution >= 4 is 45.7 Å². The number of carbonyl (C=O) groups excluding carboxylic acids is 2. The molecule has 182 valence electrons. The summed E-state index contributed by atoms with van der Waals surface area (Å²) in [4.78, 5) is 34.0. The first kappa shape index (κ1) is 23.6. The number of rotatable bonds is 9. The Kier molecular flexibility index (Phi) is 7.16. The topological polar surface area (TPSA) is 74.8 Å². The maximum Gasteiger partial charge on any atom is 0.263 e. The molecule has 0 radical (unpaired) electrons. The fourth-order valence-corrected chi connectivity index (χ4v) is 5.00. The number of benzene rings is 2. The lowest BCUT2D eigenvalue weighted by Crippen LogP contribution is -2.37. The second-order valence-electron chi connectivity index (χ2n) is 8.92. The summed E-state index contributed by atoms with van der Waals surface area (Å²) in [6.07, 6.45) is 5.56. The van der Waals surface area contributed by atoms with Gasteiger partial charge < -0.3 is 15.0 Å². The standard InChI is InChI=1S/C27H29ClN4O3/c28-19-8-9-20-22(10-12-30-23(20)18-19)29-11-3-1-2-4-13-32-26(33)21-6-5-7-24(25(21)27(32)34)31-14-16-35-17-15-31/h5-10,12,18H,1-4,11,13-17H2,(H,29,30). The SMILES string of the molecule is O=C1c2cccc(N3CCOCC3)c2C(=O)N1CCCCCCNc1ccnc2cc(Cl)ccc12. The molecule has 35 heavy (non-hydrogen) atoms. The number of halogens is 1. The van der Waals surface area contributed by atoms with Crippen molar-refractivity contribution in [1.29, 1.82) is 0 Å². The molecule has 1 fully saturated rings. The lowest BCUT2D eigenvalue weighted by molar-refractivity contribution is 0.0651. The van der Waals surface area contributed by atoms with E-state index in [9.17, 15) is 9.59 Å². The molecule has 0 spiro atoms. The molecule has 1 saturated heterocycles. The number of nitrogens with one attached hydrogen (secondary N) is 1. The fourth-order valence-electron chi connectivity index (χ4n) is 4.83. The van der Waals surface area contributed by atoms with Crippen LogP contribution in [0.1, 0.15) is 46.4 Å². The first-order valence-electron chi connectivity index (χ1n) is 12.2. The van der Waals surface area contributed by atoms with Crippen LogP contribution in [0.3, 0.4) is 0 Å². The second kappa shape index (κ2) is 10.6. The Morgan fingerprint density at radius 1 is 0.971 bits per heavy atom. The van der Waals surface area contributed by atoms with Crippen LogP contribution in [-0.4, -0.2) is 61.1 Å². The minimum absolute atomic E-state index is 0.168. The van der Waals surface area contributed by atoms with Crippen molar-refractivity contribution in [3.63, 3.8) is 0 Å². The number of aromatic nitrogens is 1. The molecule has 8 heteroatoms. The van der Waals surface area contributed by atoms with E-state index in [1.807, 2.05) is 36.4 Å². The van der Waals surface area contributed by atoms with Crippen molar-refractivity contribution in [2.24, 2.45) is 0 Å². The molecular formula is C27H29ClN4O3. The van der Waals surface area contributed by atoms with Gasteiger partial charge in [0.25, 0.3) is 11.8 Å². The molecule has 0 aliphatic carbocycles. The molecule has 1 N–H and O–H groups in total. The maximum absolute atomic E-state index is 13.1. The molecule has 3 aromatic rings. The summed E-state index contributed by atoms with van der Waals surface area (Å²) >= 11 is 6.07. The van der Waals surface area contributed by atoms with E-state index in [1.54, 1.807) is 12.3 Å². The van der Waals surface area contributed by atoms with Gasteiger partial charge in [-0.15, -0.1) is 0 Å². The zero-order chi connectivity index (χ0) is 24.2. The predicted octanol–water partition coefficient (Wildman–Crippen LogP) is 4.99. The predicted molar refractivity (Wildman–Crippen MR) is 139 cm³/mol. The average molecular weight is 493 g/mol. The summed E-state index contributed by atoms with van der Waals surface area (Å²) in [6, 6.07) is 13.3. The van der Waals surface area contributed by atoms with Gasteiger partial charge in [-0.2, -0.15) is 0 Å². The number of imide groups is 1. The summed E-state index contributed by atoms with van der Waals surface area (Å²) in [7, 11) is 0. The van der Waals surface area contributed by atoms with Crippen LogP contribution in [0.4, 0.5) is 11.4 Å². The smallest absolute Gasteiger partial charge is 0.263 e. The van der Waals surface area contributed by atoms with Gasteiger partial charge in [0.2, 0.25) is 0 Å². The quantitative estimate of drug-likeness (QED) is 0.335. The van der Waals surface area contributed by atoms with Gasteiger partial charge in [-0.05, 0) is 49.2 Å². The average Bonchev–Trinajstić information content (AvgIpc) is 3.13. The fraction of sp³-hybridized carbons (Fsp3) is 0.370. The minimum Gasteiger partial charge on any atom is -0.384 e. The highest BCUT2D eigenvalue weighted by molar-refractivity contribution is 6.31. The lowest BCUT2D eigenvalue weighted by atomic mass is 10.1. The van der Waals surface area contributed by atoms with Crippen molar-refractivity contribution in [2.75, 3.05) is 49.6 Å². The van der Waals surface area contributed by atoms with Crippen LogP contribution < -0.4 is 10.2 Å². The molecule has 2 aliphatic heterocycles. The number of hydrogen-bond acceptors (Lipinski definition) is 6. The summed E-state index contributed by atoms with van der Waals surface area (Å²) in [5.74, 6) is -0.343. The van der Waals surface area contributed by atoms with Crippen LogP contribution in [0.2, 0.25) is 5.02 Å². The van der Waals surface area contributed by atoms with E-state index in [1.165, 1.54) is 4.90 Å². The Bertz CT molecular complexity index is 1240. The van der Waals surface area contributed by atoms with Crippen LogP contribution in [0.25, 0.3) is 10.9 Å². The molecule has 0 unspecified atom stereocenters. The van der Waals surface area contributed by atoms with Gasteiger partial charge in [0.15, 0.2) is 0 Å². The maximum atomic E-state index is 13.1. The first-order valence-corrected chi connectivity index (χ1v) is 12.6.